The molecule has 0 radical (unpaired) electrons. The number of rotatable bonds is 5. The lowest BCUT2D eigenvalue weighted by atomic mass is 10.1. The molecule has 0 heterocycles. The van der Waals surface area contributed by atoms with E-state index in [1.54, 1.807) is 26.4 Å². The number of hydrogen-bond donors (Lipinski definition) is 0. The van der Waals surface area contributed by atoms with Crippen LogP contribution in [0, 0.1) is 11.3 Å². The van der Waals surface area contributed by atoms with Gasteiger partial charge in [0.2, 0.25) is 0 Å². The normalized spacial score (nSPS) is 9.65. The Hall–Kier alpha value is -2.67. The van der Waals surface area contributed by atoms with Gasteiger partial charge in [-0.2, -0.15) is 5.26 Å². The van der Waals surface area contributed by atoms with Crippen molar-refractivity contribution in [3.8, 4) is 23.3 Å². The van der Waals surface area contributed by atoms with Crippen LogP contribution in [0.5, 0.6) is 17.2 Å². The van der Waals surface area contributed by atoms with Gasteiger partial charge in [-0.3, -0.25) is 0 Å². The zero-order valence-electron chi connectivity index (χ0n) is 11.4. The Bertz CT molecular complexity index is 615. The number of hydrogen-bond acceptors (Lipinski definition) is 4. The average molecular weight is 269 g/mol. The molecule has 0 amide bonds. The maximum Gasteiger partial charge on any atom is 0.136 e. The lowest BCUT2D eigenvalue weighted by Gasteiger charge is -2.09. The summed E-state index contributed by atoms with van der Waals surface area (Å²) in [5, 5.41) is 9.03. The van der Waals surface area contributed by atoms with Crippen molar-refractivity contribution in [2.45, 2.75) is 6.61 Å². The summed E-state index contributed by atoms with van der Waals surface area (Å²) in [4.78, 5) is 0. The van der Waals surface area contributed by atoms with Crippen molar-refractivity contribution in [2.75, 3.05) is 14.2 Å². The van der Waals surface area contributed by atoms with Crippen molar-refractivity contribution in [3.05, 3.63) is 53.6 Å². The maximum atomic E-state index is 9.03. The summed E-state index contributed by atoms with van der Waals surface area (Å²) >= 11 is 0. The SMILES string of the molecule is COc1ccc(OCc2ccc(OC)c(C#N)c2)cc1. The van der Waals surface area contributed by atoms with Gasteiger partial charge in [-0.1, -0.05) is 6.07 Å². The monoisotopic (exact) mass is 269 g/mol. The Morgan fingerprint density at radius 2 is 1.65 bits per heavy atom. The Morgan fingerprint density at radius 3 is 2.25 bits per heavy atom. The zero-order valence-corrected chi connectivity index (χ0v) is 11.4. The third-order valence-electron chi connectivity index (χ3n) is 2.85. The highest BCUT2D eigenvalue weighted by atomic mass is 16.5. The quantitative estimate of drug-likeness (QED) is 0.836. The summed E-state index contributed by atoms with van der Waals surface area (Å²) in [5.74, 6) is 2.11. The van der Waals surface area contributed by atoms with Crippen molar-refractivity contribution < 1.29 is 14.2 Å². The van der Waals surface area contributed by atoms with Gasteiger partial charge in [0.15, 0.2) is 0 Å². The molecule has 4 nitrogen and oxygen atoms in total. The third kappa shape index (κ3) is 3.21. The minimum atomic E-state index is 0.394. The number of ether oxygens (including phenoxy) is 3. The van der Waals surface area contributed by atoms with Gasteiger partial charge in [0.25, 0.3) is 0 Å². The molecule has 2 aromatic carbocycles. The fourth-order valence-corrected chi connectivity index (χ4v) is 1.77. The Labute approximate surface area is 118 Å². The highest BCUT2D eigenvalue weighted by molar-refractivity contribution is 5.45. The van der Waals surface area contributed by atoms with Gasteiger partial charge in [0, 0.05) is 0 Å². The van der Waals surface area contributed by atoms with Crippen molar-refractivity contribution in [1.82, 2.24) is 0 Å². The van der Waals surface area contributed by atoms with Crippen LogP contribution in [-0.4, -0.2) is 14.2 Å². The van der Waals surface area contributed by atoms with E-state index in [2.05, 4.69) is 6.07 Å². The van der Waals surface area contributed by atoms with Crippen LogP contribution >= 0.6 is 0 Å². The van der Waals surface area contributed by atoms with Crippen LogP contribution in [0.15, 0.2) is 42.5 Å². The van der Waals surface area contributed by atoms with Crippen molar-refractivity contribution in [3.63, 3.8) is 0 Å². The zero-order chi connectivity index (χ0) is 14.4. The van der Waals surface area contributed by atoms with E-state index in [1.807, 2.05) is 30.3 Å². The van der Waals surface area contributed by atoms with E-state index < -0.39 is 0 Å². The van der Waals surface area contributed by atoms with Crippen LogP contribution in [0.2, 0.25) is 0 Å². The minimum absolute atomic E-state index is 0.394. The van der Waals surface area contributed by atoms with Gasteiger partial charge in [-0.05, 0) is 42.0 Å². The lowest BCUT2D eigenvalue weighted by molar-refractivity contribution is 0.305. The van der Waals surface area contributed by atoms with Gasteiger partial charge in [-0.25, -0.2) is 0 Å². The van der Waals surface area contributed by atoms with Gasteiger partial charge in [0.05, 0.1) is 19.8 Å². The van der Waals surface area contributed by atoms with Crippen molar-refractivity contribution in [1.29, 1.82) is 5.26 Å². The first-order chi connectivity index (χ1) is 9.76. The highest BCUT2D eigenvalue weighted by Gasteiger charge is 2.04. The number of methoxy groups -OCH3 is 2. The standard InChI is InChI=1S/C16H15NO3/c1-18-14-4-6-15(7-5-14)20-11-12-3-8-16(19-2)13(9-12)10-17/h3-9H,11H2,1-2H3. The van der Waals surface area contributed by atoms with Crippen LogP contribution < -0.4 is 14.2 Å². The maximum absolute atomic E-state index is 9.03. The highest BCUT2D eigenvalue weighted by Crippen LogP contribution is 2.21. The third-order valence-corrected chi connectivity index (χ3v) is 2.85. The molecule has 2 rings (SSSR count). The molecule has 102 valence electrons. The predicted molar refractivity (Wildman–Crippen MR) is 75.0 cm³/mol. The van der Waals surface area contributed by atoms with Crippen molar-refractivity contribution in [2.24, 2.45) is 0 Å². The molecule has 0 saturated carbocycles. The van der Waals surface area contributed by atoms with Gasteiger partial charge in [0.1, 0.15) is 29.9 Å². The molecule has 4 heteroatoms. The number of benzene rings is 2. The molecule has 0 spiro atoms. The van der Waals surface area contributed by atoms with Crippen LogP contribution in [0.1, 0.15) is 11.1 Å². The summed E-state index contributed by atoms with van der Waals surface area (Å²) in [6.45, 7) is 0.394. The molecule has 0 aliphatic heterocycles. The Kier molecular flexibility index (Phi) is 4.46. The fourth-order valence-electron chi connectivity index (χ4n) is 1.77. The summed E-state index contributed by atoms with van der Waals surface area (Å²) < 4.78 is 15.8. The van der Waals surface area contributed by atoms with Crippen LogP contribution in [0.25, 0.3) is 0 Å². The van der Waals surface area contributed by atoms with E-state index in [0.29, 0.717) is 17.9 Å². The van der Waals surface area contributed by atoms with Gasteiger partial charge < -0.3 is 14.2 Å². The Morgan fingerprint density at radius 1 is 0.950 bits per heavy atom. The molecule has 2 aromatic rings. The molecule has 0 atom stereocenters. The van der Waals surface area contributed by atoms with E-state index >= 15 is 0 Å². The molecule has 20 heavy (non-hydrogen) atoms. The smallest absolute Gasteiger partial charge is 0.136 e. The lowest BCUT2D eigenvalue weighted by Crippen LogP contribution is -1.97. The number of nitriles is 1. The topological polar surface area (TPSA) is 51.5 Å². The largest absolute Gasteiger partial charge is 0.497 e. The molecule has 0 aromatic heterocycles. The predicted octanol–water partition coefficient (Wildman–Crippen LogP) is 3.15. The first-order valence-electron chi connectivity index (χ1n) is 6.10. The summed E-state index contributed by atoms with van der Waals surface area (Å²) in [6.07, 6.45) is 0. The summed E-state index contributed by atoms with van der Waals surface area (Å²) in [5.41, 5.74) is 1.42. The average Bonchev–Trinajstić information content (AvgIpc) is 2.53. The molecule has 0 fully saturated rings. The van der Waals surface area contributed by atoms with Crippen LogP contribution in [0.3, 0.4) is 0 Å². The molecule has 0 unspecified atom stereocenters. The second-order valence-corrected chi connectivity index (χ2v) is 4.11. The minimum Gasteiger partial charge on any atom is -0.497 e. The molecule has 0 saturated heterocycles. The second kappa shape index (κ2) is 6.48. The van der Waals surface area contributed by atoms with Crippen LogP contribution in [-0.2, 0) is 6.61 Å². The molecular weight excluding hydrogens is 254 g/mol. The van der Waals surface area contributed by atoms with E-state index in [9.17, 15) is 0 Å². The number of nitrogens with zero attached hydrogens (tertiary/aromatic N) is 1. The fraction of sp³-hybridized carbons (Fsp3) is 0.188. The first kappa shape index (κ1) is 13.8. The molecule has 0 bridgehead atoms. The van der Waals surface area contributed by atoms with Crippen LogP contribution in [0.4, 0.5) is 0 Å². The summed E-state index contributed by atoms with van der Waals surface area (Å²) in [7, 11) is 3.17. The molecule has 0 aliphatic rings. The van der Waals surface area contributed by atoms with Crippen molar-refractivity contribution >= 4 is 0 Å². The summed E-state index contributed by atoms with van der Waals surface area (Å²) in [6, 6.07) is 14.9. The van der Waals surface area contributed by atoms with Gasteiger partial charge in [-0.15, -0.1) is 0 Å². The molecule has 0 aliphatic carbocycles. The molecule has 0 N–H and O–H groups in total. The van der Waals surface area contributed by atoms with E-state index in [-0.39, 0.29) is 0 Å². The van der Waals surface area contributed by atoms with E-state index in [4.69, 9.17) is 19.5 Å². The Balaban J connectivity index is 2.05. The molecular formula is C16H15NO3. The second-order valence-electron chi connectivity index (χ2n) is 4.11. The first-order valence-corrected chi connectivity index (χ1v) is 6.10. The van der Waals surface area contributed by atoms with Gasteiger partial charge >= 0.3 is 0 Å². The van der Waals surface area contributed by atoms with E-state index in [0.717, 1.165) is 17.1 Å². The van der Waals surface area contributed by atoms with E-state index in [1.165, 1.54) is 0 Å².